The van der Waals surface area contributed by atoms with E-state index in [2.05, 4.69) is 17.6 Å². The molecule has 1 aromatic rings. The van der Waals surface area contributed by atoms with Crippen molar-refractivity contribution >= 4 is 17.5 Å². The third-order valence-electron chi connectivity index (χ3n) is 4.51. The number of anilines is 1. The topological polar surface area (TPSA) is 62.6 Å². The molecule has 0 aromatic heterocycles. The monoisotopic (exact) mass is 336 g/mol. The Kier molecular flexibility index (Phi) is 6.73. The van der Waals surface area contributed by atoms with Crippen LogP contribution in [0.3, 0.4) is 0 Å². The summed E-state index contributed by atoms with van der Waals surface area (Å²) in [5, 5.41) is 5.80. The van der Waals surface area contributed by atoms with E-state index in [1.807, 2.05) is 7.05 Å². The lowest BCUT2D eigenvalue weighted by molar-refractivity contribution is -0.862. The van der Waals surface area contributed by atoms with Gasteiger partial charge in [-0.1, -0.05) is 19.8 Å². The summed E-state index contributed by atoms with van der Waals surface area (Å²) >= 11 is 0. The number of quaternary nitrogens is 1. The van der Waals surface area contributed by atoms with Crippen LogP contribution in [0, 0.1) is 11.7 Å². The van der Waals surface area contributed by atoms with Crippen LogP contribution in [0.5, 0.6) is 0 Å². The first-order chi connectivity index (χ1) is 11.4. The third kappa shape index (κ3) is 5.92. The molecule has 2 rings (SSSR count). The van der Waals surface area contributed by atoms with Gasteiger partial charge >= 0.3 is 0 Å². The Hall–Kier alpha value is -1.95. The standard InChI is InChI=1S/C18H26FN3O2/c1-13-5-3-4-6-16(13)21-18(24)12-22(2)11-17(23)20-15-9-7-14(19)8-10-15/h7-10,13,16H,3-6,11-12H2,1-2H3,(H,20,23)(H,21,24)/p+1/t13-,16+/m0/s1. The first-order valence-corrected chi connectivity index (χ1v) is 8.60. The SMILES string of the molecule is C[C@H]1CCCC[C@H]1NC(=O)C[NH+](C)CC(=O)Nc1ccc(F)cc1. The van der Waals surface area contributed by atoms with Gasteiger partial charge in [-0.15, -0.1) is 0 Å². The molecule has 3 N–H and O–H groups in total. The summed E-state index contributed by atoms with van der Waals surface area (Å²) in [7, 11) is 1.81. The molecule has 5 nitrogen and oxygen atoms in total. The summed E-state index contributed by atoms with van der Waals surface area (Å²) in [6.45, 7) is 2.63. The average molecular weight is 336 g/mol. The van der Waals surface area contributed by atoms with E-state index in [9.17, 15) is 14.0 Å². The largest absolute Gasteiger partial charge is 0.348 e. The molecule has 1 fully saturated rings. The minimum atomic E-state index is -0.343. The summed E-state index contributed by atoms with van der Waals surface area (Å²) in [6, 6.07) is 5.88. The predicted octanol–water partition coefficient (Wildman–Crippen LogP) is 0.974. The molecule has 2 amide bonds. The first-order valence-electron chi connectivity index (χ1n) is 8.60. The number of carbonyl (C=O) groups excluding carboxylic acids is 2. The highest BCUT2D eigenvalue weighted by molar-refractivity contribution is 5.91. The van der Waals surface area contributed by atoms with Crippen molar-refractivity contribution in [3.63, 3.8) is 0 Å². The molecule has 1 unspecified atom stereocenters. The second-order valence-corrected chi connectivity index (χ2v) is 6.80. The number of nitrogens with one attached hydrogen (secondary N) is 3. The number of benzene rings is 1. The van der Waals surface area contributed by atoms with Gasteiger partial charge in [0.15, 0.2) is 13.1 Å². The minimum absolute atomic E-state index is 0.0131. The van der Waals surface area contributed by atoms with Crippen molar-refractivity contribution in [3.8, 4) is 0 Å². The Morgan fingerprint density at radius 1 is 1.12 bits per heavy atom. The maximum Gasteiger partial charge on any atom is 0.279 e. The van der Waals surface area contributed by atoms with Crippen molar-refractivity contribution < 1.29 is 18.9 Å². The summed E-state index contributed by atoms with van der Waals surface area (Å²) < 4.78 is 12.8. The number of likely N-dealkylation sites (N-methyl/N-ethyl adjacent to an activating group) is 1. The molecule has 0 radical (unpaired) electrons. The van der Waals surface area contributed by atoms with Gasteiger partial charge < -0.3 is 15.5 Å². The molecule has 1 aliphatic rings. The fourth-order valence-corrected chi connectivity index (χ4v) is 3.14. The van der Waals surface area contributed by atoms with E-state index in [0.29, 0.717) is 11.6 Å². The van der Waals surface area contributed by atoms with Crippen LogP contribution in [0.2, 0.25) is 0 Å². The summed E-state index contributed by atoms with van der Waals surface area (Å²) in [5.74, 6) is -0.0343. The lowest BCUT2D eigenvalue weighted by atomic mass is 9.86. The van der Waals surface area contributed by atoms with E-state index >= 15 is 0 Å². The van der Waals surface area contributed by atoms with Gasteiger partial charge in [0.05, 0.1) is 7.05 Å². The zero-order valence-electron chi connectivity index (χ0n) is 14.4. The molecule has 0 spiro atoms. The van der Waals surface area contributed by atoms with Gasteiger partial charge in [0.25, 0.3) is 11.8 Å². The second kappa shape index (κ2) is 8.78. The molecule has 0 bridgehead atoms. The van der Waals surface area contributed by atoms with Crippen LogP contribution < -0.4 is 15.5 Å². The highest BCUT2D eigenvalue weighted by atomic mass is 19.1. The molecular weight excluding hydrogens is 309 g/mol. The number of hydrogen-bond acceptors (Lipinski definition) is 2. The normalized spacial score (nSPS) is 21.8. The summed E-state index contributed by atoms with van der Waals surface area (Å²) in [6.07, 6.45) is 4.60. The van der Waals surface area contributed by atoms with Gasteiger partial charge in [0.2, 0.25) is 0 Å². The molecular formula is C18H27FN3O2+. The van der Waals surface area contributed by atoms with Gasteiger partial charge in [0, 0.05) is 11.7 Å². The van der Waals surface area contributed by atoms with Crippen molar-refractivity contribution in [3.05, 3.63) is 30.1 Å². The van der Waals surface area contributed by atoms with Crippen LogP contribution in [-0.2, 0) is 9.59 Å². The van der Waals surface area contributed by atoms with E-state index in [1.54, 1.807) is 0 Å². The van der Waals surface area contributed by atoms with Crippen LogP contribution in [0.1, 0.15) is 32.6 Å². The maximum absolute atomic E-state index is 12.8. The fraction of sp³-hybridized carbons (Fsp3) is 0.556. The van der Waals surface area contributed by atoms with Crippen LogP contribution >= 0.6 is 0 Å². The number of halogens is 1. The first kappa shape index (κ1) is 18.4. The quantitative estimate of drug-likeness (QED) is 0.725. The number of hydrogen-bond donors (Lipinski definition) is 3. The average Bonchev–Trinajstić information content (AvgIpc) is 2.51. The highest BCUT2D eigenvalue weighted by Gasteiger charge is 2.24. The Bertz CT molecular complexity index is 562. The van der Waals surface area contributed by atoms with Gasteiger partial charge in [-0.05, 0) is 43.0 Å². The Labute approximate surface area is 142 Å². The zero-order valence-corrected chi connectivity index (χ0v) is 14.4. The van der Waals surface area contributed by atoms with Crippen molar-refractivity contribution in [1.82, 2.24) is 5.32 Å². The lowest BCUT2D eigenvalue weighted by Crippen LogP contribution is -3.11. The maximum atomic E-state index is 12.8. The Balaban J connectivity index is 1.73. The van der Waals surface area contributed by atoms with E-state index in [1.165, 1.54) is 30.7 Å². The van der Waals surface area contributed by atoms with Gasteiger partial charge in [-0.2, -0.15) is 0 Å². The van der Waals surface area contributed by atoms with E-state index < -0.39 is 0 Å². The zero-order chi connectivity index (χ0) is 17.5. The van der Waals surface area contributed by atoms with Crippen LogP contribution in [0.4, 0.5) is 10.1 Å². The van der Waals surface area contributed by atoms with Crippen LogP contribution in [-0.4, -0.2) is 38.0 Å². The number of rotatable bonds is 6. The molecule has 3 atom stereocenters. The van der Waals surface area contributed by atoms with Crippen molar-refractivity contribution in [1.29, 1.82) is 0 Å². The molecule has 1 aliphatic carbocycles. The Morgan fingerprint density at radius 2 is 1.75 bits per heavy atom. The molecule has 6 heteroatoms. The van der Waals surface area contributed by atoms with Crippen molar-refractivity contribution in [2.24, 2.45) is 5.92 Å². The molecule has 1 saturated carbocycles. The molecule has 1 aromatic carbocycles. The number of amides is 2. The van der Waals surface area contributed by atoms with Gasteiger partial charge in [-0.3, -0.25) is 9.59 Å². The predicted molar refractivity (Wildman–Crippen MR) is 91.2 cm³/mol. The molecule has 0 heterocycles. The van der Waals surface area contributed by atoms with Crippen molar-refractivity contribution in [2.75, 3.05) is 25.5 Å². The third-order valence-corrected chi connectivity index (χ3v) is 4.51. The van der Waals surface area contributed by atoms with E-state index in [-0.39, 0.29) is 36.8 Å². The van der Waals surface area contributed by atoms with Crippen LogP contribution in [0.15, 0.2) is 24.3 Å². The van der Waals surface area contributed by atoms with E-state index in [4.69, 9.17) is 0 Å². The Morgan fingerprint density at radius 3 is 2.42 bits per heavy atom. The second-order valence-electron chi connectivity index (χ2n) is 6.80. The molecule has 132 valence electrons. The molecule has 0 saturated heterocycles. The summed E-state index contributed by atoms with van der Waals surface area (Å²) in [4.78, 5) is 24.9. The minimum Gasteiger partial charge on any atom is -0.348 e. The number of carbonyl (C=O) groups is 2. The van der Waals surface area contributed by atoms with Gasteiger partial charge in [-0.25, -0.2) is 4.39 Å². The highest BCUT2D eigenvalue weighted by Crippen LogP contribution is 2.23. The fourth-order valence-electron chi connectivity index (χ4n) is 3.14. The van der Waals surface area contributed by atoms with Crippen molar-refractivity contribution in [2.45, 2.75) is 38.6 Å². The summed E-state index contributed by atoms with van der Waals surface area (Å²) in [5.41, 5.74) is 0.551. The van der Waals surface area contributed by atoms with Crippen LogP contribution in [0.25, 0.3) is 0 Å². The molecule has 24 heavy (non-hydrogen) atoms. The smallest absolute Gasteiger partial charge is 0.279 e. The van der Waals surface area contributed by atoms with Gasteiger partial charge in [0.1, 0.15) is 5.82 Å². The lowest BCUT2D eigenvalue weighted by Gasteiger charge is -2.29. The molecule has 0 aliphatic heterocycles. The van der Waals surface area contributed by atoms with E-state index in [0.717, 1.165) is 24.2 Å².